The Hall–Kier alpha value is -1.91. The summed E-state index contributed by atoms with van der Waals surface area (Å²) >= 11 is 2.17. The zero-order valence-corrected chi connectivity index (χ0v) is 30.7. The van der Waals surface area contributed by atoms with E-state index in [2.05, 4.69) is 76.6 Å². The van der Waals surface area contributed by atoms with Crippen LogP contribution in [-0.4, -0.2) is 59.4 Å². The average molecular weight is 754 g/mol. The number of aryl methyl sites for hydroxylation is 1. The van der Waals surface area contributed by atoms with Gasteiger partial charge in [0.25, 0.3) is 0 Å². The molecule has 2 saturated carbocycles. The van der Waals surface area contributed by atoms with Crippen molar-refractivity contribution in [1.82, 2.24) is 10.2 Å². The summed E-state index contributed by atoms with van der Waals surface area (Å²) in [5.74, 6) is 3.17. The molecule has 9 heteroatoms. The second-order valence-electron chi connectivity index (χ2n) is 16.0. The Bertz CT molecular complexity index is 1520. The minimum absolute atomic E-state index is 0.0772. The highest BCUT2D eigenvalue weighted by Gasteiger charge is 2.61. The van der Waals surface area contributed by atoms with Crippen molar-refractivity contribution in [3.8, 4) is 0 Å². The molecule has 2 aliphatic heterocycles. The lowest BCUT2D eigenvalue weighted by Crippen LogP contribution is -2.54. The number of carbonyl (C=O) groups excluding carboxylic acids is 1. The van der Waals surface area contributed by atoms with Gasteiger partial charge in [-0.1, -0.05) is 55.2 Å². The molecule has 8 nitrogen and oxygen atoms in total. The van der Waals surface area contributed by atoms with Crippen LogP contribution in [0.2, 0.25) is 0 Å². The SMILES string of the molecule is CC1=C2CC3C(CC=C4CC(O)CCC43C)C2CCC12OC1CC(C)CN(CCNC(=O)CCc3ccc(N=[N+]=[N-])c(I)c3)C1C2C. The second-order valence-corrected chi connectivity index (χ2v) is 17.2. The summed E-state index contributed by atoms with van der Waals surface area (Å²) < 4.78 is 8.21. The molecule has 2 N–H and O–H groups in total. The van der Waals surface area contributed by atoms with E-state index < -0.39 is 0 Å². The van der Waals surface area contributed by atoms with Gasteiger partial charge in [-0.25, -0.2) is 0 Å². The lowest BCUT2D eigenvalue weighted by molar-refractivity contribution is -0.121. The van der Waals surface area contributed by atoms with Gasteiger partial charge in [0, 0.05) is 46.5 Å². The van der Waals surface area contributed by atoms with Gasteiger partial charge in [0.1, 0.15) is 0 Å². The van der Waals surface area contributed by atoms with Crippen molar-refractivity contribution in [3.05, 3.63) is 60.6 Å². The van der Waals surface area contributed by atoms with Crippen LogP contribution in [0, 0.1) is 38.6 Å². The fourth-order valence-electron chi connectivity index (χ4n) is 11.2. The molecule has 47 heavy (non-hydrogen) atoms. The number of piperidine rings is 1. The van der Waals surface area contributed by atoms with E-state index in [1.54, 1.807) is 11.1 Å². The van der Waals surface area contributed by atoms with E-state index in [1.165, 1.54) is 24.8 Å². The quantitative estimate of drug-likeness (QED) is 0.0967. The van der Waals surface area contributed by atoms with Crippen molar-refractivity contribution in [2.75, 3.05) is 19.6 Å². The number of amides is 1. The molecule has 1 aromatic rings. The smallest absolute Gasteiger partial charge is 0.220 e. The summed E-state index contributed by atoms with van der Waals surface area (Å²) in [5, 5.41) is 17.3. The Balaban J connectivity index is 1.01. The lowest BCUT2D eigenvalue weighted by atomic mass is 9.56. The Morgan fingerprint density at radius 1 is 1.26 bits per heavy atom. The Kier molecular flexibility index (Phi) is 9.35. The molecule has 254 valence electrons. The number of allylic oxidation sites excluding steroid dienone is 2. The number of aliphatic hydroxyl groups excluding tert-OH is 1. The number of ether oxygens (including phenoxy) is 1. The molecule has 1 spiro atoms. The summed E-state index contributed by atoms with van der Waals surface area (Å²) in [7, 11) is 0. The molecular weight excluding hydrogens is 701 g/mol. The first-order valence-electron chi connectivity index (χ1n) is 18.1. The zero-order chi connectivity index (χ0) is 33.1. The highest BCUT2D eigenvalue weighted by molar-refractivity contribution is 14.1. The predicted molar refractivity (Wildman–Crippen MR) is 193 cm³/mol. The van der Waals surface area contributed by atoms with Crippen LogP contribution in [0.1, 0.15) is 91.0 Å². The molecule has 0 aromatic heterocycles. The summed E-state index contributed by atoms with van der Waals surface area (Å²) in [5.41, 5.74) is 15.3. The van der Waals surface area contributed by atoms with Crippen molar-refractivity contribution in [2.24, 2.45) is 40.1 Å². The van der Waals surface area contributed by atoms with Crippen LogP contribution in [0.3, 0.4) is 0 Å². The number of nitrogens with zero attached hydrogens (tertiary/aromatic N) is 4. The molecule has 1 aromatic carbocycles. The Labute approximate surface area is 293 Å². The van der Waals surface area contributed by atoms with Crippen LogP contribution in [0.5, 0.6) is 0 Å². The van der Waals surface area contributed by atoms with E-state index >= 15 is 0 Å². The monoisotopic (exact) mass is 753 g/mol. The number of rotatable bonds is 7. The van der Waals surface area contributed by atoms with Crippen LogP contribution >= 0.6 is 22.6 Å². The first kappa shape index (κ1) is 33.6. The van der Waals surface area contributed by atoms with Gasteiger partial charge >= 0.3 is 0 Å². The Morgan fingerprint density at radius 2 is 2.09 bits per heavy atom. The van der Waals surface area contributed by atoms with Gasteiger partial charge in [0.15, 0.2) is 0 Å². The van der Waals surface area contributed by atoms with Gasteiger partial charge in [-0.05, 0) is 139 Å². The van der Waals surface area contributed by atoms with Crippen LogP contribution in [0.15, 0.2) is 46.1 Å². The van der Waals surface area contributed by atoms with Crippen molar-refractivity contribution in [3.63, 3.8) is 0 Å². The molecule has 6 aliphatic rings. The fourth-order valence-corrected chi connectivity index (χ4v) is 11.9. The number of benzene rings is 1. The largest absolute Gasteiger partial charge is 0.393 e. The first-order chi connectivity index (χ1) is 22.5. The number of fused-ring (bicyclic) bond motifs is 6. The topological polar surface area (TPSA) is 111 Å². The standard InChI is InChI=1S/C38H52IN5O3/c1-22-17-34-36(44(21-22)16-15-41-35(46)10-6-25-5-9-33(42-43-40)32(39)18-25)24(3)38(47-34)14-12-28-29-8-7-26-19-27(45)11-13-37(26,4)31(29)20-30(28)23(38)2/h5,7,9,18,22,24,27-29,31,34,36,45H,6,8,10-17,19-21H2,1-4H3,(H,41,46). The van der Waals surface area contributed by atoms with Crippen LogP contribution in [-0.2, 0) is 16.0 Å². The average Bonchev–Trinajstić information content (AvgIpc) is 3.56. The number of nitrogens with one attached hydrogen (secondary N) is 1. The minimum Gasteiger partial charge on any atom is -0.393 e. The van der Waals surface area contributed by atoms with Gasteiger partial charge in [-0.2, -0.15) is 0 Å². The molecule has 4 fully saturated rings. The number of halogens is 1. The first-order valence-corrected chi connectivity index (χ1v) is 19.2. The molecule has 0 bridgehead atoms. The van der Waals surface area contributed by atoms with E-state index in [1.807, 2.05) is 18.2 Å². The molecule has 1 amide bonds. The molecule has 2 heterocycles. The number of hydrogen-bond donors (Lipinski definition) is 2. The van der Waals surface area contributed by atoms with E-state index in [0.29, 0.717) is 54.8 Å². The van der Waals surface area contributed by atoms with Crippen molar-refractivity contribution < 1.29 is 14.6 Å². The molecule has 10 unspecified atom stereocenters. The minimum atomic E-state index is -0.175. The number of azide groups is 1. The van der Waals surface area contributed by atoms with E-state index in [-0.39, 0.29) is 29.1 Å². The van der Waals surface area contributed by atoms with Crippen LogP contribution in [0.25, 0.3) is 10.4 Å². The van der Waals surface area contributed by atoms with Gasteiger partial charge in [0.2, 0.25) is 5.91 Å². The molecule has 7 rings (SSSR count). The number of likely N-dealkylation sites (tertiary alicyclic amines) is 1. The Morgan fingerprint density at radius 3 is 2.87 bits per heavy atom. The van der Waals surface area contributed by atoms with Gasteiger partial charge in [0.05, 0.1) is 23.5 Å². The third-order valence-electron chi connectivity index (χ3n) is 13.6. The third-order valence-corrected chi connectivity index (χ3v) is 14.5. The maximum absolute atomic E-state index is 12.8. The zero-order valence-electron chi connectivity index (χ0n) is 28.6. The number of carbonyl (C=O) groups is 1. The number of aliphatic hydroxyl groups is 1. The highest BCUT2D eigenvalue weighted by atomic mass is 127. The highest BCUT2D eigenvalue weighted by Crippen LogP contribution is 2.65. The summed E-state index contributed by atoms with van der Waals surface area (Å²) in [6.07, 6.45) is 12.5. The van der Waals surface area contributed by atoms with E-state index in [4.69, 9.17) is 10.3 Å². The van der Waals surface area contributed by atoms with Crippen molar-refractivity contribution in [1.29, 1.82) is 0 Å². The summed E-state index contributed by atoms with van der Waals surface area (Å²) in [4.78, 5) is 18.4. The number of hydrogen-bond acceptors (Lipinski definition) is 5. The second kappa shape index (κ2) is 13.1. The van der Waals surface area contributed by atoms with E-state index in [9.17, 15) is 9.90 Å². The molecule has 0 radical (unpaired) electrons. The summed E-state index contributed by atoms with van der Waals surface area (Å²) in [6, 6.07) is 6.12. The summed E-state index contributed by atoms with van der Waals surface area (Å²) in [6.45, 7) is 12.3. The van der Waals surface area contributed by atoms with Gasteiger partial charge in [-0.15, -0.1) is 0 Å². The molecule has 10 atom stereocenters. The fraction of sp³-hybridized carbons (Fsp3) is 0.711. The van der Waals surface area contributed by atoms with Gasteiger partial charge < -0.3 is 15.2 Å². The third kappa shape index (κ3) is 5.90. The molecular formula is C38H52IN5O3. The normalized spacial score (nSPS) is 39.4. The van der Waals surface area contributed by atoms with Crippen LogP contribution < -0.4 is 5.32 Å². The van der Waals surface area contributed by atoms with Crippen molar-refractivity contribution in [2.45, 2.75) is 116 Å². The van der Waals surface area contributed by atoms with Crippen LogP contribution in [0.4, 0.5) is 5.69 Å². The van der Waals surface area contributed by atoms with Crippen molar-refractivity contribution >= 4 is 34.2 Å². The predicted octanol–water partition coefficient (Wildman–Crippen LogP) is 8.01. The maximum Gasteiger partial charge on any atom is 0.220 e. The molecule has 2 saturated heterocycles. The van der Waals surface area contributed by atoms with Gasteiger partial charge in [-0.3, -0.25) is 9.69 Å². The van der Waals surface area contributed by atoms with E-state index in [0.717, 1.165) is 60.2 Å². The molecule has 4 aliphatic carbocycles. The maximum atomic E-state index is 12.8. The lowest BCUT2D eigenvalue weighted by Gasteiger charge is -2.49.